The predicted molar refractivity (Wildman–Crippen MR) is 140 cm³/mol. The smallest absolute Gasteiger partial charge is 0.339 e. The van der Waals surface area contributed by atoms with Gasteiger partial charge < -0.3 is 14.7 Å². The Morgan fingerprint density at radius 3 is 2.37 bits per heavy atom. The lowest BCUT2D eigenvalue weighted by molar-refractivity contribution is 0.0691. The highest BCUT2D eigenvalue weighted by Gasteiger charge is 2.29. The number of pyridine rings is 1. The van der Waals surface area contributed by atoms with E-state index < -0.39 is 21.9 Å². The number of carbonyl (C=O) groups is 2. The molecule has 2 aromatic carbocycles. The zero-order valence-electron chi connectivity index (χ0n) is 21.8. The lowest BCUT2D eigenvalue weighted by atomic mass is 10.1. The van der Waals surface area contributed by atoms with E-state index in [9.17, 15) is 27.5 Å². The number of amides is 1. The van der Waals surface area contributed by atoms with Crippen molar-refractivity contribution in [2.45, 2.75) is 32.3 Å². The Morgan fingerprint density at radius 2 is 1.79 bits per heavy atom. The monoisotopic (exact) mass is 543 g/mol. The quantitative estimate of drug-likeness (QED) is 0.378. The Balaban J connectivity index is 2.01. The summed E-state index contributed by atoms with van der Waals surface area (Å²) in [4.78, 5) is 29.0. The van der Waals surface area contributed by atoms with Crippen molar-refractivity contribution < 1.29 is 32.2 Å². The van der Waals surface area contributed by atoms with Crippen LogP contribution in [0, 0.1) is 18.8 Å². The summed E-state index contributed by atoms with van der Waals surface area (Å²) in [6, 6.07) is 11.0. The molecule has 3 rings (SSSR count). The summed E-state index contributed by atoms with van der Waals surface area (Å²) in [5.41, 5.74) is 1.45. The summed E-state index contributed by atoms with van der Waals surface area (Å²) >= 11 is 0. The number of sulfonamides is 1. The van der Waals surface area contributed by atoms with E-state index in [4.69, 9.17) is 4.74 Å². The predicted octanol–water partition coefficient (Wildman–Crippen LogP) is 4.36. The fourth-order valence-electron chi connectivity index (χ4n) is 3.77. The van der Waals surface area contributed by atoms with Gasteiger partial charge in [0, 0.05) is 32.4 Å². The molecule has 1 amide bonds. The molecule has 9 nitrogen and oxygen atoms in total. The zero-order chi connectivity index (χ0) is 28.2. The number of anilines is 1. The van der Waals surface area contributed by atoms with Crippen LogP contribution in [0.1, 0.15) is 45.7 Å². The lowest BCUT2D eigenvalue weighted by Gasteiger charge is -2.28. The van der Waals surface area contributed by atoms with Gasteiger partial charge in [0.1, 0.15) is 17.9 Å². The minimum atomic E-state index is -4.21. The van der Waals surface area contributed by atoms with Crippen LogP contribution in [0.3, 0.4) is 0 Å². The molecule has 0 spiro atoms. The molecule has 0 aliphatic rings. The molecule has 1 aromatic heterocycles. The molecule has 3 aromatic rings. The summed E-state index contributed by atoms with van der Waals surface area (Å²) in [7, 11) is -0.948. The van der Waals surface area contributed by atoms with Gasteiger partial charge in [-0.3, -0.25) is 9.10 Å². The number of hydrogen-bond acceptors (Lipinski definition) is 6. The van der Waals surface area contributed by atoms with Gasteiger partial charge in [-0.15, -0.1) is 0 Å². The van der Waals surface area contributed by atoms with E-state index in [1.54, 1.807) is 39.2 Å². The van der Waals surface area contributed by atoms with Gasteiger partial charge in [0.05, 0.1) is 10.6 Å². The Labute approximate surface area is 221 Å². The number of aromatic nitrogens is 1. The molecular weight excluding hydrogens is 513 g/mol. The molecule has 0 aliphatic heterocycles. The van der Waals surface area contributed by atoms with Crippen LogP contribution < -0.4 is 9.04 Å². The molecule has 1 heterocycles. The molecule has 38 heavy (non-hydrogen) atoms. The third-order valence-corrected chi connectivity index (χ3v) is 7.38. The van der Waals surface area contributed by atoms with Crippen LogP contribution >= 0.6 is 0 Å². The highest BCUT2D eigenvalue weighted by atomic mass is 32.2. The molecule has 0 unspecified atom stereocenters. The number of hydrogen-bond donors (Lipinski definition) is 1. The second-order valence-electron chi connectivity index (χ2n) is 9.37. The first-order valence-corrected chi connectivity index (χ1v) is 13.2. The number of carbonyl (C=O) groups excluding carboxylic acids is 1. The SMILES string of the molecule is Cc1cc(C(=O)N(C)C)ccc1N(CC(C)C)S(=O)(=O)c1ccc(OCc2ccnc(F)c2)c(C(=O)O)c1. The van der Waals surface area contributed by atoms with Gasteiger partial charge in [0.25, 0.3) is 15.9 Å². The standard InChI is InChI=1S/C27H30FN3O6S/c1-17(2)15-31(23-8-6-20(12-18(23)3)26(32)30(4)5)38(35,36)21-7-9-24(22(14-21)27(33)34)37-16-19-10-11-29-25(28)13-19/h6-14,17H,15-16H2,1-5H3,(H,33,34). The van der Waals surface area contributed by atoms with Gasteiger partial charge in [-0.05, 0) is 72.5 Å². The van der Waals surface area contributed by atoms with Crippen molar-refractivity contribution in [2.24, 2.45) is 5.92 Å². The van der Waals surface area contributed by atoms with Crippen molar-refractivity contribution >= 4 is 27.6 Å². The molecule has 0 saturated heterocycles. The van der Waals surface area contributed by atoms with Crippen LogP contribution in [0.2, 0.25) is 0 Å². The van der Waals surface area contributed by atoms with Crippen molar-refractivity contribution in [2.75, 3.05) is 24.9 Å². The van der Waals surface area contributed by atoms with Crippen LogP contribution in [0.15, 0.2) is 59.6 Å². The summed E-state index contributed by atoms with van der Waals surface area (Å²) in [5, 5.41) is 9.78. The molecule has 202 valence electrons. The number of benzene rings is 2. The molecule has 0 saturated carbocycles. The van der Waals surface area contributed by atoms with Crippen LogP contribution in [0.4, 0.5) is 10.1 Å². The first-order valence-electron chi connectivity index (χ1n) is 11.8. The molecule has 0 radical (unpaired) electrons. The van der Waals surface area contributed by atoms with E-state index in [-0.39, 0.29) is 41.2 Å². The van der Waals surface area contributed by atoms with Crippen LogP contribution in [-0.2, 0) is 16.6 Å². The fraction of sp³-hybridized carbons (Fsp3) is 0.296. The Bertz CT molecular complexity index is 1460. The first-order chi connectivity index (χ1) is 17.8. The van der Waals surface area contributed by atoms with Crippen LogP contribution in [0.25, 0.3) is 0 Å². The molecule has 0 bridgehead atoms. The highest BCUT2D eigenvalue weighted by Crippen LogP contribution is 2.31. The molecule has 11 heteroatoms. The fourth-order valence-corrected chi connectivity index (χ4v) is 5.49. The van der Waals surface area contributed by atoms with Gasteiger partial charge in [0.2, 0.25) is 5.95 Å². The average molecular weight is 544 g/mol. The number of halogens is 1. The minimum Gasteiger partial charge on any atom is -0.488 e. The number of aryl methyl sites for hydroxylation is 1. The topological polar surface area (TPSA) is 117 Å². The van der Waals surface area contributed by atoms with Gasteiger partial charge in [-0.25, -0.2) is 18.2 Å². The summed E-state index contributed by atoms with van der Waals surface area (Å²) in [5.74, 6) is -2.42. The molecule has 0 atom stereocenters. The van der Waals surface area contributed by atoms with E-state index in [0.717, 1.165) is 12.1 Å². The van der Waals surface area contributed by atoms with Gasteiger partial charge in [-0.1, -0.05) is 13.8 Å². The van der Waals surface area contributed by atoms with Crippen molar-refractivity contribution in [3.05, 3.63) is 82.9 Å². The van der Waals surface area contributed by atoms with Gasteiger partial charge >= 0.3 is 5.97 Å². The number of ether oxygens (including phenoxy) is 1. The second kappa shape index (κ2) is 11.6. The number of carboxylic acids is 1. The summed E-state index contributed by atoms with van der Waals surface area (Å²) in [6.07, 6.45) is 1.26. The Kier molecular flexibility index (Phi) is 8.72. The number of nitrogens with zero attached hydrogens (tertiary/aromatic N) is 3. The molecule has 1 N–H and O–H groups in total. The first kappa shape index (κ1) is 28.6. The van der Waals surface area contributed by atoms with Crippen LogP contribution in [-0.4, -0.2) is 55.9 Å². The Morgan fingerprint density at radius 1 is 1.08 bits per heavy atom. The van der Waals surface area contributed by atoms with E-state index in [0.29, 0.717) is 22.4 Å². The number of carboxylic acid groups (broad SMARTS) is 1. The normalized spacial score (nSPS) is 11.3. The molecule has 0 aliphatic carbocycles. The van der Waals surface area contributed by atoms with Crippen molar-refractivity contribution in [3.63, 3.8) is 0 Å². The maximum Gasteiger partial charge on any atom is 0.339 e. The van der Waals surface area contributed by atoms with E-state index >= 15 is 0 Å². The maximum atomic E-state index is 13.8. The van der Waals surface area contributed by atoms with Crippen molar-refractivity contribution in [1.82, 2.24) is 9.88 Å². The lowest BCUT2D eigenvalue weighted by Crippen LogP contribution is -2.35. The van der Waals surface area contributed by atoms with Crippen molar-refractivity contribution in [3.8, 4) is 5.75 Å². The Hall–Kier alpha value is -3.99. The molecule has 0 fully saturated rings. The highest BCUT2D eigenvalue weighted by molar-refractivity contribution is 7.92. The van der Waals surface area contributed by atoms with Crippen LogP contribution in [0.5, 0.6) is 5.75 Å². The minimum absolute atomic E-state index is 0.0606. The summed E-state index contributed by atoms with van der Waals surface area (Å²) in [6.45, 7) is 5.43. The van der Waals surface area contributed by atoms with Gasteiger partial charge in [0.15, 0.2) is 0 Å². The zero-order valence-corrected chi connectivity index (χ0v) is 22.6. The van der Waals surface area contributed by atoms with E-state index in [1.165, 1.54) is 33.6 Å². The van der Waals surface area contributed by atoms with E-state index in [2.05, 4.69) is 4.98 Å². The third kappa shape index (κ3) is 6.46. The number of aromatic carboxylic acids is 1. The van der Waals surface area contributed by atoms with Crippen molar-refractivity contribution in [1.29, 1.82) is 0 Å². The largest absolute Gasteiger partial charge is 0.488 e. The summed E-state index contributed by atoms with van der Waals surface area (Å²) < 4.78 is 47.8. The average Bonchev–Trinajstić information content (AvgIpc) is 2.85. The number of rotatable bonds is 10. The third-order valence-electron chi connectivity index (χ3n) is 5.60. The van der Waals surface area contributed by atoms with E-state index in [1.807, 2.05) is 13.8 Å². The molecular formula is C27H30FN3O6S. The maximum absolute atomic E-state index is 13.8. The van der Waals surface area contributed by atoms with Gasteiger partial charge in [-0.2, -0.15) is 4.39 Å². The second-order valence-corrected chi connectivity index (χ2v) is 11.2.